The van der Waals surface area contributed by atoms with Gasteiger partial charge in [0.2, 0.25) is 0 Å². The number of aromatic nitrogens is 1. The molecule has 112 valence electrons. The molecule has 21 heavy (non-hydrogen) atoms. The van der Waals surface area contributed by atoms with Crippen molar-refractivity contribution in [2.24, 2.45) is 0 Å². The zero-order valence-corrected chi connectivity index (χ0v) is 12.7. The van der Waals surface area contributed by atoms with Crippen molar-refractivity contribution in [2.75, 3.05) is 0 Å². The summed E-state index contributed by atoms with van der Waals surface area (Å²) in [5, 5.41) is 5.27. The van der Waals surface area contributed by atoms with Gasteiger partial charge in [0.15, 0.2) is 0 Å². The highest BCUT2D eigenvalue weighted by Crippen LogP contribution is 2.16. The van der Waals surface area contributed by atoms with E-state index < -0.39 is 0 Å². The van der Waals surface area contributed by atoms with Gasteiger partial charge in [-0.15, -0.1) is 11.3 Å². The van der Waals surface area contributed by atoms with Crippen LogP contribution in [0.4, 0.5) is 4.39 Å². The highest BCUT2D eigenvalue weighted by Gasteiger charge is 2.12. The quantitative estimate of drug-likeness (QED) is 0.890. The Morgan fingerprint density at radius 1 is 1.43 bits per heavy atom. The topological polar surface area (TPSA) is 51.2 Å². The smallest absolute Gasteiger partial charge is 0.270 e. The Morgan fingerprint density at radius 2 is 2.14 bits per heavy atom. The Bertz CT molecular complexity index is 598. The number of ether oxygens (including phenoxy) is 1. The summed E-state index contributed by atoms with van der Waals surface area (Å²) < 4.78 is 18.3. The Kier molecular flexibility index (Phi) is 5.27. The van der Waals surface area contributed by atoms with Crippen molar-refractivity contribution in [1.82, 2.24) is 10.3 Å². The third-order valence-electron chi connectivity index (χ3n) is 2.95. The highest BCUT2D eigenvalue weighted by molar-refractivity contribution is 7.09. The molecule has 0 spiro atoms. The molecule has 6 heteroatoms. The minimum absolute atomic E-state index is 0.123. The van der Waals surface area contributed by atoms with Crippen molar-refractivity contribution in [1.29, 1.82) is 0 Å². The molecule has 1 heterocycles. The van der Waals surface area contributed by atoms with E-state index in [9.17, 15) is 9.18 Å². The molecule has 0 aliphatic rings. The highest BCUT2D eigenvalue weighted by atomic mass is 32.1. The second kappa shape index (κ2) is 7.17. The molecule has 4 nitrogen and oxygen atoms in total. The first-order valence-corrected chi connectivity index (χ1v) is 7.60. The second-order valence-electron chi connectivity index (χ2n) is 4.65. The molecule has 1 N–H and O–H groups in total. The van der Waals surface area contributed by atoms with E-state index in [0.29, 0.717) is 16.5 Å². The summed E-state index contributed by atoms with van der Waals surface area (Å²) in [4.78, 5) is 16.1. The Morgan fingerprint density at radius 3 is 2.81 bits per heavy atom. The number of hydrogen-bond acceptors (Lipinski definition) is 4. The normalized spacial score (nSPS) is 12.0. The van der Waals surface area contributed by atoms with Gasteiger partial charge < -0.3 is 10.1 Å². The average Bonchev–Trinajstić information content (AvgIpc) is 2.95. The van der Waals surface area contributed by atoms with Crippen LogP contribution in [0.3, 0.4) is 0 Å². The van der Waals surface area contributed by atoms with Gasteiger partial charge in [0.1, 0.15) is 28.9 Å². The van der Waals surface area contributed by atoms with E-state index in [1.807, 2.05) is 13.8 Å². The molecule has 2 rings (SSSR count). The van der Waals surface area contributed by atoms with Crippen LogP contribution in [0, 0.1) is 5.82 Å². The van der Waals surface area contributed by atoms with E-state index >= 15 is 0 Å². The van der Waals surface area contributed by atoms with E-state index in [4.69, 9.17) is 4.74 Å². The standard InChI is InChI=1S/C15H17FN2O2S/c1-3-10(2)17-15(19)13-9-21-14(18-13)8-20-12-6-4-11(16)5-7-12/h4-7,9-10H,3,8H2,1-2H3,(H,17,19)/t10-/m1/s1. The van der Waals surface area contributed by atoms with Crippen LogP contribution in [-0.4, -0.2) is 16.9 Å². The van der Waals surface area contributed by atoms with Crippen LogP contribution in [-0.2, 0) is 6.61 Å². The Hall–Kier alpha value is -1.95. The van der Waals surface area contributed by atoms with Gasteiger partial charge in [-0.25, -0.2) is 9.37 Å². The number of carbonyl (C=O) groups excluding carboxylic acids is 1. The van der Waals surface area contributed by atoms with Gasteiger partial charge in [-0.2, -0.15) is 0 Å². The lowest BCUT2D eigenvalue weighted by Crippen LogP contribution is -2.32. The number of amides is 1. The van der Waals surface area contributed by atoms with Gasteiger partial charge in [-0.3, -0.25) is 4.79 Å². The molecule has 0 aliphatic carbocycles. The van der Waals surface area contributed by atoms with Crippen LogP contribution in [0.1, 0.15) is 35.8 Å². The van der Waals surface area contributed by atoms with E-state index in [1.54, 1.807) is 17.5 Å². The largest absolute Gasteiger partial charge is 0.486 e. The maximum absolute atomic E-state index is 12.8. The van der Waals surface area contributed by atoms with Crippen LogP contribution in [0.25, 0.3) is 0 Å². The molecule has 1 atom stereocenters. The molecule has 0 bridgehead atoms. The van der Waals surface area contributed by atoms with E-state index in [1.165, 1.54) is 23.5 Å². The van der Waals surface area contributed by atoms with Crippen LogP contribution in [0.2, 0.25) is 0 Å². The molecular weight excluding hydrogens is 291 g/mol. The van der Waals surface area contributed by atoms with Gasteiger partial charge in [-0.05, 0) is 37.6 Å². The first-order valence-electron chi connectivity index (χ1n) is 6.72. The molecule has 2 aromatic rings. The Balaban J connectivity index is 1.91. The summed E-state index contributed by atoms with van der Waals surface area (Å²) in [7, 11) is 0. The van der Waals surface area contributed by atoms with Gasteiger partial charge in [0.05, 0.1) is 0 Å². The van der Waals surface area contributed by atoms with E-state index in [0.717, 1.165) is 6.42 Å². The molecule has 0 aliphatic heterocycles. The minimum atomic E-state index is -0.305. The molecule has 0 fully saturated rings. The summed E-state index contributed by atoms with van der Waals surface area (Å²) in [5.41, 5.74) is 0.401. The molecule has 0 unspecified atom stereocenters. The molecule has 1 amide bonds. The van der Waals surface area contributed by atoms with Crippen LogP contribution < -0.4 is 10.1 Å². The summed E-state index contributed by atoms with van der Waals surface area (Å²) in [6, 6.07) is 5.90. The number of halogens is 1. The molecule has 0 radical (unpaired) electrons. The van der Waals surface area contributed by atoms with Crippen molar-refractivity contribution >= 4 is 17.2 Å². The molecule has 0 saturated heterocycles. The maximum atomic E-state index is 12.8. The third kappa shape index (κ3) is 4.53. The Labute approximate surface area is 127 Å². The van der Waals surface area contributed by atoms with Crippen molar-refractivity contribution in [3.8, 4) is 5.75 Å². The SMILES string of the molecule is CC[C@@H](C)NC(=O)c1csc(COc2ccc(F)cc2)n1. The second-order valence-corrected chi connectivity index (χ2v) is 5.59. The summed E-state index contributed by atoms with van der Waals surface area (Å²) in [6.45, 7) is 4.21. The van der Waals surface area contributed by atoms with Crippen LogP contribution in [0.15, 0.2) is 29.6 Å². The van der Waals surface area contributed by atoms with Gasteiger partial charge >= 0.3 is 0 Å². The number of nitrogens with one attached hydrogen (secondary N) is 1. The third-order valence-corrected chi connectivity index (χ3v) is 3.77. The lowest BCUT2D eigenvalue weighted by Gasteiger charge is -2.09. The monoisotopic (exact) mass is 308 g/mol. The number of benzene rings is 1. The lowest BCUT2D eigenvalue weighted by atomic mass is 10.2. The molecular formula is C15H17FN2O2S. The molecule has 0 saturated carbocycles. The lowest BCUT2D eigenvalue weighted by molar-refractivity contribution is 0.0934. The average molecular weight is 308 g/mol. The van der Waals surface area contributed by atoms with Crippen LogP contribution in [0.5, 0.6) is 5.75 Å². The molecule has 1 aromatic carbocycles. The minimum Gasteiger partial charge on any atom is -0.486 e. The maximum Gasteiger partial charge on any atom is 0.270 e. The van der Waals surface area contributed by atoms with Crippen molar-refractivity contribution < 1.29 is 13.9 Å². The first kappa shape index (κ1) is 15.4. The number of thiazole rings is 1. The predicted molar refractivity (Wildman–Crippen MR) is 80.1 cm³/mol. The summed E-state index contributed by atoms with van der Waals surface area (Å²) in [5.74, 6) is 0.0893. The van der Waals surface area contributed by atoms with Crippen molar-refractivity contribution in [3.05, 3.63) is 46.2 Å². The fourth-order valence-corrected chi connectivity index (χ4v) is 2.24. The number of carbonyl (C=O) groups is 1. The van der Waals surface area contributed by atoms with Gasteiger partial charge in [0.25, 0.3) is 5.91 Å². The van der Waals surface area contributed by atoms with Gasteiger partial charge in [0, 0.05) is 11.4 Å². The summed E-state index contributed by atoms with van der Waals surface area (Å²) in [6.07, 6.45) is 0.871. The summed E-state index contributed by atoms with van der Waals surface area (Å²) >= 11 is 1.36. The first-order chi connectivity index (χ1) is 10.1. The fraction of sp³-hybridized carbons (Fsp3) is 0.333. The number of hydrogen-bond donors (Lipinski definition) is 1. The zero-order chi connectivity index (χ0) is 15.2. The van der Waals surface area contributed by atoms with E-state index in [-0.39, 0.29) is 24.4 Å². The van der Waals surface area contributed by atoms with Crippen molar-refractivity contribution in [2.45, 2.75) is 32.9 Å². The van der Waals surface area contributed by atoms with Crippen LogP contribution >= 0.6 is 11.3 Å². The van der Waals surface area contributed by atoms with E-state index in [2.05, 4.69) is 10.3 Å². The predicted octanol–water partition coefficient (Wildman–Crippen LogP) is 3.39. The van der Waals surface area contributed by atoms with Crippen molar-refractivity contribution in [3.63, 3.8) is 0 Å². The number of nitrogens with zero attached hydrogens (tertiary/aromatic N) is 1. The molecule has 1 aromatic heterocycles. The van der Waals surface area contributed by atoms with Gasteiger partial charge in [-0.1, -0.05) is 6.92 Å². The zero-order valence-electron chi connectivity index (χ0n) is 11.9. The number of rotatable bonds is 6. The fourth-order valence-electron chi connectivity index (χ4n) is 1.56.